The SMILES string of the molecule is COc1ccc(CN2CCCN(C(=O)C(c3ccccc3)N3CCS(=O)(=O)CC3)CC2)cc1. The van der Waals surface area contributed by atoms with Gasteiger partial charge in [0.2, 0.25) is 5.91 Å². The number of nitrogens with zero attached hydrogens (tertiary/aromatic N) is 3. The summed E-state index contributed by atoms with van der Waals surface area (Å²) in [6.07, 6.45) is 0.914. The van der Waals surface area contributed by atoms with Crippen LogP contribution in [0.4, 0.5) is 0 Å². The third-order valence-electron chi connectivity index (χ3n) is 6.56. The molecule has 0 N–H and O–H groups in total. The first kappa shape index (κ1) is 23.7. The van der Waals surface area contributed by atoms with Crippen LogP contribution in [0, 0.1) is 0 Å². The molecule has 7 nitrogen and oxygen atoms in total. The monoisotopic (exact) mass is 471 g/mol. The largest absolute Gasteiger partial charge is 0.497 e. The smallest absolute Gasteiger partial charge is 0.244 e. The molecule has 0 aromatic heterocycles. The van der Waals surface area contributed by atoms with Crippen molar-refractivity contribution in [2.75, 3.05) is 57.9 Å². The first-order valence-corrected chi connectivity index (χ1v) is 13.4. The molecule has 1 amide bonds. The van der Waals surface area contributed by atoms with Crippen LogP contribution in [-0.2, 0) is 21.2 Å². The van der Waals surface area contributed by atoms with Gasteiger partial charge < -0.3 is 9.64 Å². The number of sulfone groups is 1. The second kappa shape index (κ2) is 10.7. The molecule has 0 aliphatic carbocycles. The van der Waals surface area contributed by atoms with Crippen LogP contribution >= 0.6 is 0 Å². The van der Waals surface area contributed by atoms with E-state index in [0.29, 0.717) is 26.2 Å². The van der Waals surface area contributed by atoms with Gasteiger partial charge in [0.15, 0.2) is 9.84 Å². The minimum atomic E-state index is -3.01. The second-order valence-electron chi connectivity index (χ2n) is 8.80. The van der Waals surface area contributed by atoms with Crippen LogP contribution in [0.3, 0.4) is 0 Å². The summed E-state index contributed by atoms with van der Waals surface area (Å²) in [4.78, 5) is 20.1. The van der Waals surface area contributed by atoms with E-state index < -0.39 is 15.9 Å². The van der Waals surface area contributed by atoms with Gasteiger partial charge in [-0.2, -0.15) is 0 Å². The molecule has 0 bridgehead atoms. The summed E-state index contributed by atoms with van der Waals surface area (Å²) in [6, 6.07) is 17.5. The fraction of sp³-hybridized carbons (Fsp3) is 0.480. The molecule has 1 unspecified atom stereocenters. The summed E-state index contributed by atoms with van der Waals surface area (Å²) in [5.74, 6) is 1.15. The first-order chi connectivity index (χ1) is 15.9. The van der Waals surface area contributed by atoms with Crippen molar-refractivity contribution >= 4 is 15.7 Å². The topological polar surface area (TPSA) is 70.2 Å². The van der Waals surface area contributed by atoms with E-state index in [4.69, 9.17) is 4.74 Å². The van der Waals surface area contributed by atoms with Crippen molar-refractivity contribution in [3.8, 4) is 5.75 Å². The number of amides is 1. The van der Waals surface area contributed by atoms with Crippen molar-refractivity contribution in [2.24, 2.45) is 0 Å². The lowest BCUT2D eigenvalue weighted by molar-refractivity contribution is -0.137. The molecule has 2 aliphatic rings. The Hall–Kier alpha value is -2.42. The number of benzene rings is 2. The van der Waals surface area contributed by atoms with Crippen LogP contribution in [0.1, 0.15) is 23.6 Å². The van der Waals surface area contributed by atoms with Gasteiger partial charge in [-0.3, -0.25) is 14.6 Å². The zero-order chi connectivity index (χ0) is 23.3. The van der Waals surface area contributed by atoms with Gasteiger partial charge in [-0.25, -0.2) is 8.42 Å². The van der Waals surface area contributed by atoms with Crippen LogP contribution in [0.5, 0.6) is 5.75 Å². The van der Waals surface area contributed by atoms with E-state index in [1.807, 2.05) is 52.3 Å². The molecule has 2 aromatic rings. The van der Waals surface area contributed by atoms with E-state index in [2.05, 4.69) is 17.0 Å². The van der Waals surface area contributed by atoms with E-state index in [9.17, 15) is 13.2 Å². The maximum atomic E-state index is 13.8. The minimum absolute atomic E-state index is 0.0757. The lowest BCUT2D eigenvalue weighted by Gasteiger charge is -2.36. The molecule has 2 fully saturated rings. The summed E-state index contributed by atoms with van der Waals surface area (Å²) in [5, 5.41) is 0. The van der Waals surface area contributed by atoms with E-state index in [1.54, 1.807) is 7.11 Å². The first-order valence-electron chi connectivity index (χ1n) is 11.6. The number of ether oxygens (including phenoxy) is 1. The van der Waals surface area contributed by atoms with Crippen molar-refractivity contribution in [3.63, 3.8) is 0 Å². The van der Waals surface area contributed by atoms with Gasteiger partial charge in [-0.15, -0.1) is 0 Å². The third-order valence-corrected chi connectivity index (χ3v) is 8.17. The van der Waals surface area contributed by atoms with E-state index in [1.165, 1.54) is 5.56 Å². The molecule has 4 rings (SSSR count). The molecule has 8 heteroatoms. The molecule has 2 aromatic carbocycles. The summed E-state index contributed by atoms with van der Waals surface area (Å²) in [6.45, 7) is 4.77. The van der Waals surface area contributed by atoms with Gasteiger partial charge >= 0.3 is 0 Å². The maximum absolute atomic E-state index is 13.8. The van der Waals surface area contributed by atoms with E-state index in [-0.39, 0.29) is 17.4 Å². The van der Waals surface area contributed by atoms with Gasteiger partial charge in [0, 0.05) is 45.8 Å². The van der Waals surface area contributed by atoms with Gasteiger partial charge in [-0.05, 0) is 29.7 Å². The molecule has 178 valence electrons. The Labute approximate surface area is 196 Å². The highest BCUT2D eigenvalue weighted by atomic mass is 32.2. The second-order valence-corrected chi connectivity index (χ2v) is 11.1. The lowest BCUT2D eigenvalue weighted by Crippen LogP contribution is -2.49. The summed E-state index contributed by atoms with van der Waals surface area (Å²) < 4.78 is 29.2. The summed E-state index contributed by atoms with van der Waals surface area (Å²) in [7, 11) is -1.34. The van der Waals surface area contributed by atoms with Crippen LogP contribution in [0.25, 0.3) is 0 Å². The molecular weight excluding hydrogens is 438 g/mol. The Balaban J connectivity index is 1.44. The van der Waals surface area contributed by atoms with Crippen molar-refractivity contribution < 1.29 is 17.9 Å². The number of rotatable bonds is 6. The highest BCUT2D eigenvalue weighted by molar-refractivity contribution is 7.91. The zero-order valence-corrected chi connectivity index (χ0v) is 20.0. The zero-order valence-electron chi connectivity index (χ0n) is 19.2. The van der Waals surface area contributed by atoms with Crippen LogP contribution in [0.2, 0.25) is 0 Å². The highest BCUT2D eigenvalue weighted by Gasteiger charge is 2.35. The average molecular weight is 472 g/mol. The Bertz CT molecular complexity index is 1010. The molecule has 0 saturated carbocycles. The Kier molecular flexibility index (Phi) is 7.67. The fourth-order valence-electron chi connectivity index (χ4n) is 4.64. The molecule has 33 heavy (non-hydrogen) atoms. The van der Waals surface area contributed by atoms with Crippen molar-refractivity contribution in [1.82, 2.24) is 14.7 Å². The van der Waals surface area contributed by atoms with Gasteiger partial charge in [0.25, 0.3) is 0 Å². The van der Waals surface area contributed by atoms with Crippen LogP contribution in [0.15, 0.2) is 54.6 Å². The Morgan fingerprint density at radius 1 is 0.909 bits per heavy atom. The molecule has 2 heterocycles. The van der Waals surface area contributed by atoms with Crippen LogP contribution < -0.4 is 4.74 Å². The highest BCUT2D eigenvalue weighted by Crippen LogP contribution is 2.26. The number of carbonyl (C=O) groups excluding carboxylic acids is 1. The number of carbonyl (C=O) groups is 1. The average Bonchev–Trinajstić information content (AvgIpc) is 3.07. The molecule has 1 atom stereocenters. The predicted octanol–water partition coefficient (Wildman–Crippen LogP) is 2.20. The molecule has 2 aliphatic heterocycles. The summed E-state index contributed by atoms with van der Waals surface area (Å²) in [5.41, 5.74) is 2.16. The van der Waals surface area contributed by atoms with Crippen molar-refractivity contribution in [1.29, 1.82) is 0 Å². The normalized spacial score (nSPS) is 20.7. The van der Waals surface area contributed by atoms with Crippen molar-refractivity contribution in [3.05, 3.63) is 65.7 Å². The minimum Gasteiger partial charge on any atom is -0.497 e. The molecule has 2 saturated heterocycles. The maximum Gasteiger partial charge on any atom is 0.244 e. The fourth-order valence-corrected chi connectivity index (χ4v) is 5.87. The Morgan fingerprint density at radius 2 is 1.61 bits per heavy atom. The van der Waals surface area contributed by atoms with Gasteiger partial charge in [-0.1, -0.05) is 42.5 Å². The van der Waals surface area contributed by atoms with E-state index >= 15 is 0 Å². The standard InChI is InChI=1S/C25H33N3O4S/c1-32-23-10-8-21(9-11-23)20-26-12-5-13-28(15-14-26)25(29)24(22-6-3-2-4-7-22)27-16-18-33(30,31)19-17-27/h2-4,6-11,24H,5,12-20H2,1H3. The molecule has 0 spiro atoms. The Morgan fingerprint density at radius 3 is 2.27 bits per heavy atom. The number of methoxy groups -OCH3 is 1. The number of hydrogen-bond donors (Lipinski definition) is 0. The number of hydrogen-bond acceptors (Lipinski definition) is 6. The molecule has 0 radical (unpaired) electrons. The van der Waals surface area contributed by atoms with Gasteiger partial charge in [0.1, 0.15) is 11.8 Å². The summed E-state index contributed by atoms with van der Waals surface area (Å²) >= 11 is 0. The van der Waals surface area contributed by atoms with Gasteiger partial charge in [0.05, 0.1) is 18.6 Å². The quantitative estimate of drug-likeness (QED) is 0.643. The van der Waals surface area contributed by atoms with E-state index in [0.717, 1.165) is 37.4 Å². The lowest BCUT2D eigenvalue weighted by atomic mass is 10.0. The predicted molar refractivity (Wildman–Crippen MR) is 129 cm³/mol. The third kappa shape index (κ3) is 6.13. The van der Waals surface area contributed by atoms with Crippen molar-refractivity contribution in [2.45, 2.75) is 19.0 Å². The van der Waals surface area contributed by atoms with Crippen LogP contribution in [-0.4, -0.2) is 86.9 Å². The molecular formula is C25H33N3O4S.